The molecule has 0 radical (unpaired) electrons. The Bertz CT molecular complexity index is 298. The van der Waals surface area contributed by atoms with Crippen molar-refractivity contribution in [3.63, 3.8) is 0 Å². The van der Waals surface area contributed by atoms with E-state index >= 15 is 0 Å². The van der Waals surface area contributed by atoms with E-state index in [2.05, 4.69) is 36.5 Å². The highest BCUT2D eigenvalue weighted by Gasteiger charge is 2.20. The Morgan fingerprint density at radius 2 is 2.29 bits per heavy atom. The first-order chi connectivity index (χ1) is 8.09. The molecule has 4 heteroatoms. The molecule has 0 amide bonds. The van der Waals surface area contributed by atoms with E-state index in [-0.39, 0.29) is 5.60 Å². The van der Waals surface area contributed by atoms with Crippen LogP contribution in [0.3, 0.4) is 0 Å². The number of hydrogen-bond donors (Lipinski definition) is 1. The molecule has 0 aromatic carbocycles. The van der Waals surface area contributed by atoms with E-state index in [4.69, 9.17) is 4.74 Å². The molecular formula is C13H24N2OS. The first-order valence-corrected chi connectivity index (χ1v) is 7.20. The standard InChI is InChI=1S/C13H24N2OS/c1-5-8-14-11(12-9-17-10-15-12)6-7-13(2,3)16-4/h9-11,14H,5-8H2,1-4H3. The molecule has 3 nitrogen and oxygen atoms in total. The summed E-state index contributed by atoms with van der Waals surface area (Å²) in [6.07, 6.45) is 3.24. The fourth-order valence-corrected chi connectivity index (χ4v) is 2.27. The Balaban J connectivity index is 2.53. The Hall–Kier alpha value is -0.450. The number of rotatable bonds is 8. The zero-order valence-electron chi connectivity index (χ0n) is 11.3. The molecule has 1 atom stereocenters. The average molecular weight is 256 g/mol. The van der Waals surface area contributed by atoms with Gasteiger partial charge < -0.3 is 10.1 Å². The van der Waals surface area contributed by atoms with E-state index in [1.54, 1.807) is 18.4 Å². The lowest BCUT2D eigenvalue weighted by molar-refractivity contribution is 0.0116. The second-order valence-electron chi connectivity index (χ2n) is 4.92. The van der Waals surface area contributed by atoms with Crippen LogP contribution in [0, 0.1) is 0 Å². The van der Waals surface area contributed by atoms with E-state index < -0.39 is 0 Å². The molecule has 98 valence electrons. The van der Waals surface area contributed by atoms with E-state index in [9.17, 15) is 0 Å². The van der Waals surface area contributed by atoms with Gasteiger partial charge in [0.25, 0.3) is 0 Å². The molecule has 0 aliphatic heterocycles. The number of thiazole rings is 1. The number of ether oxygens (including phenoxy) is 1. The van der Waals surface area contributed by atoms with E-state index in [0.717, 1.165) is 31.5 Å². The van der Waals surface area contributed by atoms with Crippen molar-refractivity contribution in [2.45, 2.75) is 51.7 Å². The largest absolute Gasteiger partial charge is 0.379 e. The minimum absolute atomic E-state index is 0.0534. The summed E-state index contributed by atoms with van der Waals surface area (Å²) in [6.45, 7) is 7.48. The summed E-state index contributed by atoms with van der Waals surface area (Å²) in [5.41, 5.74) is 3.01. The van der Waals surface area contributed by atoms with Crippen molar-refractivity contribution in [1.82, 2.24) is 10.3 Å². The predicted octanol–water partition coefficient (Wildman–Crippen LogP) is 3.39. The zero-order valence-corrected chi connectivity index (χ0v) is 12.1. The molecule has 0 saturated heterocycles. The second-order valence-corrected chi connectivity index (χ2v) is 5.64. The third-order valence-corrected chi connectivity index (χ3v) is 3.64. The molecule has 1 heterocycles. The maximum absolute atomic E-state index is 5.46. The Kier molecular flexibility index (Phi) is 6.09. The van der Waals surface area contributed by atoms with Gasteiger partial charge in [0.15, 0.2) is 0 Å². The van der Waals surface area contributed by atoms with E-state index in [1.807, 2.05) is 5.51 Å². The molecule has 0 saturated carbocycles. The van der Waals surface area contributed by atoms with Crippen LogP contribution in [0.4, 0.5) is 0 Å². The molecule has 1 aromatic rings. The third kappa shape index (κ3) is 5.15. The first kappa shape index (κ1) is 14.6. The van der Waals surface area contributed by atoms with Gasteiger partial charge in [-0.15, -0.1) is 11.3 Å². The summed E-state index contributed by atoms with van der Waals surface area (Å²) in [4.78, 5) is 4.41. The van der Waals surface area contributed by atoms with Gasteiger partial charge in [-0.1, -0.05) is 6.92 Å². The van der Waals surface area contributed by atoms with Gasteiger partial charge >= 0.3 is 0 Å². The van der Waals surface area contributed by atoms with Gasteiger partial charge in [-0.3, -0.25) is 0 Å². The lowest BCUT2D eigenvalue weighted by Crippen LogP contribution is -2.28. The summed E-state index contributed by atoms with van der Waals surface area (Å²) in [7, 11) is 1.78. The maximum Gasteiger partial charge on any atom is 0.0795 e. The van der Waals surface area contributed by atoms with Crippen molar-refractivity contribution in [2.24, 2.45) is 0 Å². The quantitative estimate of drug-likeness (QED) is 0.774. The highest BCUT2D eigenvalue weighted by molar-refractivity contribution is 7.07. The molecule has 1 N–H and O–H groups in total. The second kappa shape index (κ2) is 7.09. The Labute approximate surface area is 109 Å². The van der Waals surface area contributed by atoms with Crippen LogP contribution in [0.1, 0.15) is 51.8 Å². The van der Waals surface area contributed by atoms with Crippen molar-refractivity contribution >= 4 is 11.3 Å². The van der Waals surface area contributed by atoms with Crippen molar-refractivity contribution in [3.05, 3.63) is 16.6 Å². The monoisotopic (exact) mass is 256 g/mol. The van der Waals surface area contributed by atoms with Crippen molar-refractivity contribution in [2.75, 3.05) is 13.7 Å². The minimum Gasteiger partial charge on any atom is -0.379 e. The molecule has 1 rings (SSSR count). The molecule has 0 aliphatic rings. The van der Waals surface area contributed by atoms with Crippen LogP contribution < -0.4 is 5.32 Å². The van der Waals surface area contributed by atoms with E-state index in [0.29, 0.717) is 6.04 Å². The zero-order chi connectivity index (χ0) is 12.7. The van der Waals surface area contributed by atoms with Gasteiger partial charge in [-0.05, 0) is 39.7 Å². The Morgan fingerprint density at radius 1 is 1.53 bits per heavy atom. The number of methoxy groups -OCH3 is 1. The predicted molar refractivity (Wildman–Crippen MR) is 73.5 cm³/mol. The van der Waals surface area contributed by atoms with Crippen molar-refractivity contribution in [3.8, 4) is 0 Å². The van der Waals surface area contributed by atoms with Crippen LogP contribution >= 0.6 is 11.3 Å². The number of hydrogen-bond acceptors (Lipinski definition) is 4. The highest BCUT2D eigenvalue weighted by atomic mass is 32.1. The first-order valence-electron chi connectivity index (χ1n) is 6.25. The number of aromatic nitrogens is 1. The highest BCUT2D eigenvalue weighted by Crippen LogP contribution is 2.24. The fraction of sp³-hybridized carbons (Fsp3) is 0.769. The maximum atomic E-state index is 5.46. The normalized spacial score (nSPS) is 13.9. The van der Waals surface area contributed by atoms with Crippen molar-refractivity contribution < 1.29 is 4.74 Å². The van der Waals surface area contributed by atoms with Crippen LogP contribution in [0.25, 0.3) is 0 Å². The summed E-state index contributed by atoms with van der Waals surface area (Å²) in [6, 6.07) is 0.357. The van der Waals surface area contributed by atoms with Crippen molar-refractivity contribution in [1.29, 1.82) is 0 Å². The van der Waals surface area contributed by atoms with Gasteiger partial charge in [0, 0.05) is 12.5 Å². The van der Waals surface area contributed by atoms with Gasteiger partial charge in [0.1, 0.15) is 0 Å². The summed E-state index contributed by atoms with van der Waals surface area (Å²) >= 11 is 1.66. The smallest absolute Gasteiger partial charge is 0.0795 e. The molecular weight excluding hydrogens is 232 g/mol. The van der Waals surface area contributed by atoms with Crippen LogP contribution in [0.5, 0.6) is 0 Å². The molecule has 17 heavy (non-hydrogen) atoms. The average Bonchev–Trinajstić information content (AvgIpc) is 2.83. The van der Waals surface area contributed by atoms with Gasteiger partial charge in [0.2, 0.25) is 0 Å². The van der Waals surface area contributed by atoms with E-state index in [1.165, 1.54) is 0 Å². The topological polar surface area (TPSA) is 34.1 Å². The molecule has 0 spiro atoms. The van der Waals surface area contributed by atoms with Crippen LogP contribution in [0.15, 0.2) is 10.9 Å². The summed E-state index contributed by atoms with van der Waals surface area (Å²) < 4.78 is 5.46. The third-order valence-electron chi connectivity index (χ3n) is 3.04. The molecule has 0 fully saturated rings. The van der Waals surface area contributed by atoms with Crippen LogP contribution in [-0.4, -0.2) is 24.2 Å². The molecule has 1 unspecified atom stereocenters. The molecule has 0 aliphatic carbocycles. The van der Waals surface area contributed by atoms with Gasteiger partial charge in [-0.2, -0.15) is 0 Å². The van der Waals surface area contributed by atoms with Crippen LogP contribution in [-0.2, 0) is 4.74 Å². The summed E-state index contributed by atoms with van der Waals surface area (Å²) in [5.74, 6) is 0. The number of nitrogens with zero attached hydrogens (tertiary/aromatic N) is 1. The SMILES string of the molecule is CCCNC(CCC(C)(C)OC)c1cscn1. The minimum atomic E-state index is -0.0534. The lowest BCUT2D eigenvalue weighted by Gasteiger charge is -2.25. The lowest BCUT2D eigenvalue weighted by atomic mass is 9.97. The molecule has 0 bridgehead atoms. The van der Waals surface area contributed by atoms with Gasteiger partial charge in [0.05, 0.1) is 22.8 Å². The van der Waals surface area contributed by atoms with Crippen LogP contribution in [0.2, 0.25) is 0 Å². The fourth-order valence-electron chi connectivity index (χ4n) is 1.66. The number of nitrogens with one attached hydrogen (secondary N) is 1. The molecule has 1 aromatic heterocycles. The van der Waals surface area contributed by atoms with Gasteiger partial charge in [-0.25, -0.2) is 4.98 Å². The Morgan fingerprint density at radius 3 is 2.82 bits per heavy atom. The summed E-state index contributed by atoms with van der Waals surface area (Å²) in [5, 5.41) is 5.69.